The van der Waals surface area contributed by atoms with E-state index in [1.54, 1.807) is 24.3 Å². The predicted octanol–water partition coefficient (Wildman–Crippen LogP) is 2.02. The zero-order chi connectivity index (χ0) is 24.0. The molecule has 12 heteroatoms. The first-order chi connectivity index (χ1) is 15.7. The van der Waals surface area contributed by atoms with Crippen molar-refractivity contribution in [2.75, 3.05) is 45.2 Å². The molecule has 1 heterocycles. The molecule has 1 fully saturated rings. The Labute approximate surface area is 190 Å². The van der Waals surface area contributed by atoms with Gasteiger partial charge in [0.05, 0.1) is 12.0 Å². The van der Waals surface area contributed by atoms with E-state index in [-0.39, 0.29) is 49.9 Å². The normalized spacial score (nSPS) is 14.6. The fraction of sp³-hybridized carbons (Fsp3) is 0.333. The number of nitrogens with zero attached hydrogens (tertiary/aromatic N) is 2. The van der Waals surface area contributed by atoms with Gasteiger partial charge in [-0.15, -0.1) is 0 Å². The number of ether oxygens (including phenoxy) is 1. The summed E-state index contributed by atoms with van der Waals surface area (Å²) in [6.45, 7) is 0.463. The number of sulfonamides is 1. The largest absolute Gasteiger partial charge is 0.497 e. The van der Waals surface area contributed by atoms with Crippen LogP contribution < -0.4 is 15.4 Å². The molecule has 0 aliphatic carbocycles. The summed E-state index contributed by atoms with van der Waals surface area (Å²) in [6, 6.07) is 8.71. The molecule has 3 amide bonds. The number of nitrogens with one attached hydrogen (secondary N) is 2. The highest BCUT2D eigenvalue weighted by Gasteiger charge is 2.30. The van der Waals surface area contributed by atoms with Crippen molar-refractivity contribution in [2.45, 2.75) is 11.3 Å². The van der Waals surface area contributed by atoms with Crippen LogP contribution in [0.2, 0.25) is 0 Å². The average molecular weight is 483 g/mol. The number of carbonyl (C=O) groups is 2. The molecule has 0 bridgehead atoms. The smallest absolute Gasteiger partial charge is 0.319 e. The molecule has 0 radical (unpaired) electrons. The summed E-state index contributed by atoms with van der Waals surface area (Å²) in [5, 5.41) is 5.23. The van der Waals surface area contributed by atoms with Crippen LogP contribution in [-0.4, -0.2) is 69.4 Å². The summed E-state index contributed by atoms with van der Waals surface area (Å²) in [4.78, 5) is 25.5. The number of amides is 3. The third-order valence-corrected chi connectivity index (χ3v) is 6.99. The topological polar surface area (TPSA) is 108 Å². The van der Waals surface area contributed by atoms with Gasteiger partial charge in [0.15, 0.2) is 11.6 Å². The van der Waals surface area contributed by atoms with Gasteiger partial charge in [0, 0.05) is 44.8 Å². The van der Waals surface area contributed by atoms with Gasteiger partial charge in [0.25, 0.3) is 0 Å². The number of halogens is 2. The standard InChI is InChI=1S/C21H24F2N4O5S/c1-32-16-4-2-15(3-5-16)25-21(29)24-9-8-20(28)26-10-12-27(13-11-26)33(30,31)17-6-7-18(22)19(23)14-17/h2-7,14H,8-13H2,1H3,(H2,24,25,29). The van der Waals surface area contributed by atoms with Gasteiger partial charge in [-0.1, -0.05) is 0 Å². The van der Waals surface area contributed by atoms with E-state index < -0.39 is 27.7 Å². The van der Waals surface area contributed by atoms with Crippen molar-refractivity contribution in [3.63, 3.8) is 0 Å². The van der Waals surface area contributed by atoms with Crippen LogP contribution in [0.3, 0.4) is 0 Å². The lowest BCUT2D eigenvalue weighted by molar-refractivity contribution is -0.132. The molecular formula is C21H24F2N4O5S. The van der Waals surface area contributed by atoms with Crippen LogP contribution in [0.4, 0.5) is 19.3 Å². The van der Waals surface area contributed by atoms with Gasteiger partial charge >= 0.3 is 6.03 Å². The van der Waals surface area contributed by atoms with E-state index in [4.69, 9.17) is 4.74 Å². The van der Waals surface area contributed by atoms with Crippen molar-refractivity contribution >= 4 is 27.6 Å². The van der Waals surface area contributed by atoms with Crippen molar-refractivity contribution in [3.05, 3.63) is 54.1 Å². The molecule has 9 nitrogen and oxygen atoms in total. The van der Waals surface area contributed by atoms with Crippen LogP contribution >= 0.6 is 0 Å². The second-order valence-electron chi connectivity index (χ2n) is 7.22. The Bertz CT molecular complexity index is 1100. The van der Waals surface area contributed by atoms with Gasteiger partial charge in [-0.05, 0) is 42.5 Å². The lowest BCUT2D eigenvalue weighted by Gasteiger charge is -2.34. The molecule has 0 saturated carbocycles. The molecule has 2 aromatic carbocycles. The molecule has 0 spiro atoms. The molecule has 2 aromatic rings. The van der Waals surface area contributed by atoms with Crippen molar-refractivity contribution in [3.8, 4) is 5.75 Å². The molecule has 1 aliphatic heterocycles. The van der Waals surface area contributed by atoms with Gasteiger partial charge in [0.2, 0.25) is 15.9 Å². The number of hydrogen-bond donors (Lipinski definition) is 2. The SMILES string of the molecule is COc1ccc(NC(=O)NCCC(=O)N2CCN(S(=O)(=O)c3ccc(F)c(F)c3)CC2)cc1. The fourth-order valence-electron chi connectivity index (χ4n) is 3.25. The fourth-order valence-corrected chi connectivity index (χ4v) is 4.69. The highest BCUT2D eigenvalue weighted by molar-refractivity contribution is 7.89. The Hall–Kier alpha value is -3.25. The van der Waals surface area contributed by atoms with E-state index in [0.29, 0.717) is 17.5 Å². The second-order valence-corrected chi connectivity index (χ2v) is 9.16. The van der Waals surface area contributed by atoms with Gasteiger partial charge in [-0.3, -0.25) is 4.79 Å². The lowest BCUT2D eigenvalue weighted by Crippen LogP contribution is -2.51. The van der Waals surface area contributed by atoms with Crippen LogP contribution in [0.1, 0.15) is 6.42 Å². The Balaban J connectivity index is 1.43. The minimum absolute atomic E-state index is 0.0262. The Morgan fingerprint density at radius 2 is 1.67 bits per heavy atom. The first-order valence-corrected chi connectivity index (χ1v) is 11.6. The Morgan fingerprint density at radius 3 is 2.27 bits per heavy atom. The first kappa shape index (κ1) is 24.4. The number of carbonyl (C=O) groups excluding carboxylic acids is 2. The minimum Gasteiger partial charge on any atom is -0.497 e. The quantitative estimate of drug-likeness (QED) is 0.628. The van der Waals surface area contributed by atoms with E-state index >= 15 is 0 Å². The van der Waals surface area contributed by atoms with Crippen LogP contribution in [0, 0.1) is 11.6 Å². The number of urea groups is 1. The molecule has 33 heavy (non-hydrogen) atoms. The molecule has 2 N–H and O–H groups in total. The number of anilines is 1. The van der Waals surface area contributed by atoms with Crippen LogP contribution in [0.25, 0.3) is 0 Å². The predicted molar refractivity (Wildman–Crippen MR) is 116 cm³/mol. The first-order valence-electron chi connectivity index (χ1n) is 10.1. The monoisotopic (exact) mass is 482 g/mol. The van der Waals surface area contributed by atoms with Crippen LogP contribution in [0.15, 0.2) is 47.4 Å². The van der Waals surface area contributed by atoms with E-state index in [9.17, 15) is 26.8 Å². The van der Waals surface area contributed by atoms with Gasteiger partial charge in [-0.2, -0.15) is 4.31 Å². The van der Waals surface area contributed by atoms with Gasteiger partial charge in [-0.25, -0.2) is 22.0 Å². The van der Waals surface area contributed by atoms with Crippen molar-refractivity contribution < 1.29 is 31.5 Å². The third-order valence-electron chi connectivity index (χ3n) is 5.09. The minimum atomic E-state index is -4.00. The maximum atomic E-state index is 13.4. The molecular weight excluding hydrogens is 458 g/mol. The molecule has 0 unspecified atom stereocenters. The van der Waals surface area contributed by atoms with Crippen molar-refractivity contribution in [2.24, 2.45) is 0 Å². The van der Waals surface area contributed by atoms with E-state index in [1.807, 2.05) is 0 Å². The lowest BCUT2D eigenvalue weighted by atomic mass is 10.3. The van der Waals surface area contributed by atoms with E-state index in [0.717, 1.165) is 16.4 Å². The highest BCUT2D eigenvalue weighted by Crippen LogP contribution is 2.20. The molecule has 1 aliphatic rings. The molecule has 178 valence electrons. The molecule has 0 aromatic heterocycles. The maximum Gasteiger partial charge on any atom is 0.319 e. The molecule has 0 atom stereocenters. The summed E-state index contributed by atoms with van der Waals surface area (Å²) in [5.74, 6) is -1.95. The highest BCUT2D eigenvalue weighted by atomic mass is 32.2. The number of hydrogen-bond acceptors (Lipinski definition) is 5. The summed E-state index contributed by atoms with van der Waals surface area (Å²) < 4.78 is 58.0. The van der Waals surface area contributed by atoms with Crippen molar-refractivity contribution in [1.82, 2.24) is 14.5 Å². The average Bonchev–Trinajstić information content (AvgIpc) is 2.81. The van der Waals surface area contributed by atoms with E-state index in [1.165, 1.54) is 12.0 Å². The number of rotatable bonds is 7. The molecule has 1 saturated heterocycles. The summed E-state index contributed by atoms with van der Waals surface area (Å²) in [5.41, 5.74) is 0.568. The third kappa shape index (κ3) is 6.17. The zero-order valence-electron chi connectivity index (χ0n) is 17.9. The van der Waals surface area contributed by atoms with E-state index in [2.05, 4.69) is 10.6 Å². The summed E-state index contributed by atoms with van der Waals surface area (Å²) >= 11 is 0. The number of methoxy groups -OCH3 is 1. The van der Waals surface area contributed by atoms with Crippen LogP contribution in [-0.2, 0) is 14.8 Å². The zero-order valence-corrected chi connectivity index (χ0v) is 18.7. The number of benzene rings is 2. The second kappa shape index (κ2) is 10.6. The maximum absolute atomic E-state index is 13.4. The Morgan fingerprint density at radius 1 is 1.00 bits per heavy atom. The number of piperazine rings is 1. The molecule has 3 rings (SSSR count). The van der Waals surface area contributed by atoms with Gasteiger partial charge in [0.1, 0.15) is 5.75 Å². The Kier molecular flexibility index (Phi) is 7.82. The summed E-state index contributed by atoms with van der Waals surface area (Å²) in [6.07, 6.45) is 0.0476. The van der Waals surface area contributed by atoms with Gasteiger partial charge < -0.3 is 20.3 Å². The summed E-state index contributed by atoms with van der Waals surface area (Å²) in [7, 11) is -2.46. The van der Waals surface area contributed by atoms with Crippen LogP contribution in [0.5, 0.6) is 5.75 Å². The van der Waals surface area contributed by atoms with Crippen molar-refractivity contribution in [1.29, 1.82) is 0 Å².